The van der Waals surface area contributed by atoms with E-state index in [-0.39, 0.29) is 11.9 Å². The first-order valence-electron chi connectivity index (χ1n) is 6.47. The average molecular weight is 268 g/mol. The Morgan fingerprint density at radius 1 is 1.67 bits per heavy atom. The number of aromatic nitrogens is 2. The van der Waals surface area contributed by atoms with Gasteiger partial charge in [-0.15, -0.1) is 5.10 Å². The van der Waals surface area contributed by atoms with Crippen molar-refractivity contribution in [2.45, 2.75) is 32.7 Å². The van der Waals surface area contributed by atoms with Crippen LogP contribution in [0.1, 0.15) is 36.4 Å². The lowest BCUT2D eigenvalue weighted by atomic mass is 9.98. The molecule has 2 heterocycles. The summed E-state index contributed by atoms with van der Waals surface area (Å²) in [6.45, 7) is 7.05. The zero-order valence-electron chi connectivity index (χ0n) is 10.9. The fourth-order valence-electron chi connectivity index (χ4n) is 2.29. The largest absolute Gasteiger partial charge is 0.335 e. The molecule has 0 aromatic carbocycles. The van der Waals surface area contributed by atoms with Gasteiger partial charge in [0.05, 0.1) is 6.20 Å². The number of hydrogen-bond donors (Lipinski definition) is 1. The molecule has 18 heavy (non-hydrogen) atoms. The molecular formula is C12H20N4OS. The van der Waals surface area contributed by atoms with Crippen LogP contribution in [-0.2, 0) is 0 Å². The molecule has 1 aliphatic heterocycles. The summed E-state index contributed by atoms with van der Waals surface area (Å²) in [5, 5.41) is 7.13. The number of rotatable bonds is 4. The Labute approximate surface area is 112 Å². The summed E-state index contributed by atoms with van der Waals surface area (Å²) in [6, 6.07) is 0.210. The Bertz CT molecular complexity index is 373. The molecule has 1 atom stereocenters. The van der Waals surface area contributed by atoms with E-state index in [2.05, 4.69) is 28.8 Å². The summed E-state index contributed by atoms with van der Waals surface area (Å²) in [5.41, 5.74) is 0. The highest BCUT2D eigenvalue weighted by Gasteiger charge is 2.24. The van der Waals surface area contributed by atoms with Crippen molar-refractivity contribution in [1.29, 1.82) is 0 Å². The number of nitrogens with one attached hydrogen (secondary N) is 1. The fourth-order valence-corrected chi connectivity index (χ4v) is 2.76. The topological polar surface area (TPSA) is 58.1 Å². The van der Waals surface area contributed by atoms with Crippen LogP contribution in [0.4, 0.5) is 0 Å². The van der Waals surface area contributed by atoms with Crippen molar-refractivity contribution in [1.82, 2.24) is 19.8 Å². The Kier molecular flexibility index (Phi) is 4.66. The van der Waals surface area contributed by atoms with Crippen LogP contribution in [-0.4, -0.2) is 46.1 Å². The van der Waals surface area contributed by atoms with E-state index in [0.717, 1.165) is 19.6 Å². The van der Waals surface area contributed by atoms with Crippen molar-refractivity contribution in [2.24, 2.45) is 5.92 Å². The summed E-state index contributed by atoms with van der Waals surface area (Å²) in [5.74, 6) is 0.622. The Morgan fingerprint density at radius 3 is 3.06 bits per heavy atom. The van der Waals surface area contributed by atoms with E-state index in [4.69, 9.17) is 0 Å². The molecule has 0 spiro atoms. The lowest BCUT2D eigenvalue weighted by molar-refractivity contribution is 0.0665. The van der Waals surface area contributed by atoms with E-state index >= 15 is 0 Å². The van der Waals surface area contributed by atoms with Crippen LogP contribution >= 0.6 is 11.5 Å². The lowest BCUT2D eigenvalue weighted by Gasteiger charge is -2.32. The van der Waals surface area contributed by atoms with Crippen molar-refractivity contribution in [3.05, 3.63) is 11.1 Å². The second-order valence-electron chi connectivity index (χ2n) is 5.05. The smallest absolute Gasteiger partial charge is 0.267 e. The standard InChI is InChI=1S/C12H20N4OS/c1-9(2)16(8-10-4-3-5-13-6-10)12(17)11-7-14-15-18-11/h7,9-10,13H,3-6,8H2,1-2H3. The molecule has 5 nitrogen and oxygen atoms in total. The molecule has 1 aliphatic rings. The number of nitrogens with zero attached hydrogens (tertiary/aromatic N) is 3. The normalized spacial score (nSPS) is 20.1. The molecule has 1 N–H and O–H groups in total. The maximum atomic E-state index is 12.4. The predicted octanol–water partition coefficient (Wildman–Crippen LogP) is 1.39. The molecule has 6 heteroatoms. The van der Waals surface area contributed by atoms with Crippen molar-refractivity contribution in [2.75, 3.05) is 19.6 Å². The minimum atomic E-state index is 0.0607. The van der Waals surface area contributed by atoms with E-state index in [1.165, 1.54) is 24.4 Å². The Morgan fingerprint density at radius 2 is 2.50 bits per heavy atom. The van der Waals surface area contributed by atoms with Gasteiger partial charge in [0.2, 0.25) is 0 Å². The van der Waals surface area contributed by atoms with Crippen LogP contribution in [0.15, 0.2) is 6.20 Å². The maximum Gasteiger partial charge on any atom is 0.267 e. The first-order chi connectivity index (χ1) is 8.68. The molecule has 2 rings (SSSR count). The zero-order valence-corrected chi connectivity index (χ0v) is 11.7. The molecule has 0 saturated carbocycles. The third kappa shape index (κ3) is 3.26. The highest BCUT2D eigenvalue weighted by atomic mass is 32.1. The average Bonchev–Trinajstić information content (AvgIpc) is 2.90. The fraction of sp³-hybridized carbons (Fsp3) is 0.750. The van der Waals surface area contributed by atoms with Crippen LogP contribution in [0, 0.1) is 5.92 Å². The minimum Gasteiger partial charge on any atom is -0.335 e. The van der Waals surface area contributed by atoms with Gasteiger partial charge in [-0.25, -0.2) is 0 Å². The van der Waals surface area contributed by atoms with Crippen molar-refractivity contribution in [3.63, 3.8) is 0 Å². The number of piperidine rings is 1. The highest BCUT2D eigenvalue weighted by molar-refractivity contribution is 7.07. The Hall–Kier alpha value is -1.01. The molecular weight excluding hydrogens is 248 g/mol. The molecule has 1 unspecified atom stereocenters. The van der Waals surface area contributed by atoms with Crippen molar-refractivity contribution < 1.29 is 4.79 Å². The molecule has 1 fully saturated rings. The van der Waals surface area contributed by atoms with Gasteiger partial charge in [0, 0.05) is 12.6 Å². The van der Waals surface area contributed by atoms with Crippen LogP contribution in [0.2, 0.25) is 0 Å². The second-order valence-corrected chi connectivity index (χ2v) is 5.83. The van der Waals surface area contributed by atoms with E-state index < -0.39 is 0 Å². The van der Waals surface area contributed by atoms with Gasteiger partial charge in [-0.3, -0.25) is 4.79 Å². The van der Waals surface area contributed by atoms with Crippen LogP contribution in [0.5, 0.6) is 0 Å². The lowest BCUT2D eigenvalue weighted by Crippen LogP contribution is -2.44. The van der Waals surface area contributed by atoms with Gasteiger partial charge >= 0.3 is 0 Å². The van der Waals surface area contributed by atoms with Crippen LogP contribution in [0.25, 0.3) is 0 Å². The molecule has 1 saturated heterocycles. The SMILES string of the molecule is CC(C)N(CC1CCCNC1)C(=O)c1cnns1. The first-order valence-corrected chi connectivity index (χ1v) is 7.25. The molecule has 1 aromatic rings. The Balaban J connectivity index is 2.01. The van der Waals surface area contributed by atoms with E-state index in [1.54, 1.807) is 6.20 Å². The van der Waals surface area contributed by atoms with Gasteiger partial charge in [-0.2, -0.15) is 0 Å². The second kappa shape index (κ2) is 6.24. The minimum absolute atomic E-state index is 0.0607. The van der Waals surface area contributed by atoms with Gasteiger partial charge < -0.3 is 10.2 Å². The van der Waals surface area contributed by atoms with Crippen LogP contribution < -0.4 is 5.32 Å². The summed E-state index contributed by atoms with van der Waals surface area (Å²) in [6.07, 6.45) is 3.96. The molecule has 1 aromatic heterocycles. The van der Waals surface area contributed by atoms with Gasteiger partial charge in [0.15, 0.2) is 0 Å². The van der Waals surface area contributed by atoms with Crippen LogP contribution in [0.3, 0.4) is 0 Å². The zero-order chi connectivity index (χ0) is 13.0. The third-order valence-corrected chi connectivity index (χ3v) is 3.96. The monoisotopic (exact) mass is 268 g/mol. The van der Waals surface area contributed by atoms with Gasteiger partial charge in [0.1, 0.15) is 4.88 Å². The predicted molar refractivity (Wildman–Crippen MR) is 71.7 cm³/mol. The van der Waals surface area contributed by atoms with E-state index in [9.17, 15) is 4.79 Å². The van der Waals surface area contributed by atoms with Gasteiger partial charge in [-0.1, -0.05) is 4.49 Å². The number of carbonyl (C=O) groups excluding carboxylic acids is 1. The molecule has 0 aliphatic carbocycles. The van der Waals surface area contributed by atoms with E-state index in [1.807, 2.05) is 4.90 Å². The number of carbonyl (C=O) groups is 1. The molecule has 0 bridgehead atoms. The van der Waals surface area contributed by atoms with Crippen molar-refractivity contribution in [3.8, 4) is 0 Å². The van der Waals surface area contributed by atoms with Gasteiger partial charge in [-0.05, 0) is 57.2 Å². The summed E-state index contributed by atoms with van der Waals surface area (Å²) in [4.78, 5) is 14.9. The summed E-state index contributed by atoms with van der Waals surface area (Å²) >= 11 is 1.17. The summed E-state index contributed by atoms with van der Waals surface area (Å²) < 4.78 is 3.76. The van der Waals surface area contributed by atoms with Gasteiger partial charge in [0.25, 0.3) is 5.91 Å². The maximum absolute atomic E-state index is 12.4. The quantitative estimate of drug-likeness (QED) is 0.896. The first kappa shape index (κ1) is 13.4. The molecule has 0 radical (unpaired) electrons. The summed E-state index contributed by atoms with van der Waals surface area (Å²) in [7, 11) is 0. The highest BCUT2D eigenvalue weighted by Crippen LogP contribution is 2.17. The van der Waals surface area contributed by atoms with Crippen molar-refractivity contribution >= 4 is 17.4 Å². The molecule has 100 valence electrons. The number of amides is 1. The van der Waals surface area contributed by atoms with E-state index in [0.29, 0.717) is 10.8 Å². The number of hydrogen-bond acceptors (Lipinski definition) is 5. The molecule has 1 amide bonds. The third-order valence-electron chi connectivity index (χ3n) is 3.31.